The molecule has 5 heteroatoms. The van der Waals surface area contributed by atoms with Crippen molar-refractivity contribution in [1.29, 1.82) is 0 Å². The van der Waals surface area contributed by atoms with E-state index in [1.54, 1.807) is 0 Å². The van der Waals surface area contributed by atoms with Gasteiger partial charge >= 0.3 is 0 Å². The Morgan fingerprint density at radius 2 is 1.77 bits per heavy atom. The summed E-state index contributed by atoms with van der Waals surface area (Å²) in [5.41, 5.74) is 1.33. The zero-order valence-electron chi connectivity index (χ0n) is 13.4. The van der Waals surface area contributed by atoms with Crippen LogP contribution in [0.15, 0.2) is 24.3 Å². The SMILES string of the molecule is CCc1ccc(OCCN2CCC(=O)CC2)cc1.COC=O. The first-order valence-electron chi connectivity index (χ1n) is 7.61. The summed E-state index contributed by atoms with van der Waals surface area (Å²) in [6, 6.07) is 8.26. The quantitative estimate of drug-likeness (QED) is 0.753. The molecule has 1 fully saturated rings. The molecule has 0 N–H and O–H groups in total. The topological polar surface area (TPSA) is 55.8 Å². The minimum Gasteiger partial charge on any atom is -0.492 e. The molecule has 0 amide bonds. The molecule has 0 saturated carbocycles. The molecule has 0 spiro atoms. The Bertz CT molecular complexity index is 434. The number of hydrogen-bond donors (Lipinski definition) is 0. The summed E-state index contributed by atoms with van der Waals surface area (Å²) in [7, 11) is 1.31. The smallest absolute Gasteiger partial charge is 0.292 e. The second-order valence-electron chi connectivity index (χ2n) is 5.06. The van der Waals surface area contributed by atoms with Gasteiger partial charge in [-0.1, -0.05) is 19.1 Å². The third-order valence-electron chi connectivity index (χ3n) is 3.52. The van der Waals surface area contributed by atoms with E-state index in [9.17, 15) is 4.79 Å². The van der Waals surface area contributed by atoms with E-state index in [1.165, 1.54) is 12.7 Å². The first-order valence-corrected chi connectivity index (χ1v) is 7.61. The predicted octanol–water partition coefficient (Wildman–Crippen LogP) is 2.08. The van der Waals surface area contributed by atoms with Crippen LogP contribution in [-0.4, -0.2) is 50.5 Å². The molecule has 122 valence electrons. The summed E-state index contributed by atoms with van der Waals surface area (Å²) >= 11 is 0. The molecule has 1 saturated heterocycles. The van der Waals surface area contributed by atoms with E-state index in [4.69, 9.17) is 9.53 Å². The van der Waals surface area contributed by atoms with Crippen LogP contribution in [0.3, 0.4) is 0 Å². The van der Waals surface area contributed by atoms with Crippen molar-refractivity contribution in [2.75, 3.05) is 33.4 Å². The Morgan fingerprint density at radius 3 is 2.27 bits per heavy atom. The van der Waals surface area contributed by atoms with Crippen LogP contribution in [0.25, 0.3) is 0 Å². The molecule has 0 radical (unpaired) electrons. The zero-order chi connectivity index (χ0) is 16.2. The lowest BCUT2D eigenvalue weighted by Crippen LogP contribution is -2.36. The van der Waals surface area contributed by atoms with Gasteiger partial charge in [-0.2, -0.15) is 0 Å². The number of Topliss-reactive ketones (excluding diaryl/α,β-unsaturated/α-hetero) is 1. The van der Waals surface area contributed by atoms with E-state index in [1.807, 2.05) is 12.1 Å². The number of aryl methyl sites for hydroxylation is 1. The first kappa shape index (κ1) is 18.2. The van der Waals surface area contributed by atoms with E-state index in [-0.39, 0.29) is 0 Å². The van der Waals surface area contributed by atoms with Crippen molar-refractivity contribution in [1.82, 2.24) is 4.90 Å². The van der Waals surface area contributed by atoms with Crippen LogP contribution in [0, 0.1) is 0 Å². The molecule has 1 aromatic rings. The fraction of sp³-hybridized carbons (Fsp3) is 0.529. The summed E-state index contributed by atoms with van der Waals surface area (Å²) < 4.78 is 9.57. The predicted molar refractivity (Wildman–Crippen MR) is 85.1 cm³/mol. The molecular weight excluding hydrogens is 282 g/mol. The van der Waals surface area contributed by atoms with E-state index < -0.39 is 0 Å². The maximum Gasteiger partial charge on any atom is 0.292 e. The number of carbonyl (C=O) groups is 2. The molecule has 22 heavy (non-hydrogen) atoms. The van der Waals surface area contributed by atoms with Gasteiger partial charge < -0.3 is 9.47 Å². The van der Waals surface area contributed by atoms with Crippen molar-refractivity contribution in [3.8, 4) is 5.75 Å². The molecule has 1 aliphatic rings. The number of carbonyl (C=O) groups excluding carboxylic acids is 2. The highest BCUT2D eigenvalue weighted by atomic mass is 16.5. The third-order valence-corrected chi connectivity index (χ3v) is 3.52. The fourth-order valence-electron chi connectivity index (χ4n) is 2.14. The largest absolute Gasteiger partial charge is 0.492 e. The van der Waals surface area contributed by atoms with Crippen LogP contribution in [0.1, 0.15) is 25.3 Å². The van der Waals surface area contributed by atoms with Crippen LogP contribution < -0.4 is 4.74 Å². The van der Waals surface area contributed by atoms with Crippen molar-refractivity contribution in [2.24, 2.45) is 0 Å². The van der Waals surface area contributed by atoms with Crippen LogP contribution in [0.5, 0.6) is 5.75 Å². The highest BCUT2D eigenvalue weighted by Crippen LogP contribution is 2.13. The van der Waals surface area contributed by atoms with Gasteiger partial charge in [-0.15, -0.1) is 0 Å². The van der Waals surface area contributed by atoms with Gasteiger partial charge in [-0.05, 0) is 24.1 Å². The van der Waals surface area contributed by atoms with E-state index in [0.717, 1.165) is 31.8 Å². The summed E-state index contributed by atoms with van der Waals surface area (Å²) in [6.45, 7) is 5.89. The van der Waals surface area contributed by atoms with Gasteiger partial charge in [-0.3, -0.25) is 14.5 Å². The fourth-order valence-corrected chi connectivity index (χ4v) is 2.14. The Balaban J connectivity index is 0.000000541. The Morgan fingerprint density at radius 1 is 1.18 bits per heavy atom. The number of nitrogens with zero attached hydrogens (tertiary/aromatic N) is 1. The Labute approximate surface area is 132 Å². The number of ketones is 1. The lowest BCUT2D eigenvalue weighted by Gasteiger charge is -2.25. The number of piperidine rings is 1. The maximum absolute atomic E-state index is 11.1. The second-order valence-corrected chi connectivity index (χ2v) is 5.06. The molecule has 0 aromatic heterocycles. The van der Waals surface area contributed by atoms with E-state index >= 15 is 0 Å². The van der Waals surface area contributed by atoms with Crippen molar-refractivity contribution >= 4 is 12.3 Å². The molecule has 0 atom stereocenters. The normalized spacial score (nSPS) is 14.7. The third kappa shape index (κ3) is 7.22. The van der Waals surface area contributed by atoms with Gasteiger partial charge in [0.2, 0.25) is 0 Å². The van der Waals surface area contributed by atoms with Crippen molar-refractivity contribution in [3.63, 3.8) is 0 Å². The summed E-state index contributed by atoms with van der Waals surface area (Å²) in [5, 5.41) is 0. The number of benzene rings is 1. The Hall–Kier alpha value is -1.88. The lowest BCUT2D eigenvalue weighted by atomic mass is 10.1. The van der Waals surface area contributed by atoms with Gasteiger partial charge in [0.25, 0.3) is 6.47 Å². The number of ether oxygens (including phenoxy) is 2. The zero-order valence-corrected chi connectivity index (χ0v) is 13.4. The highest BCUT2D eigenvalue weighted by Gasteiger charge is 2.15. The first-order chi connectivity index (χ1) is 10.7. The lowest BCUT2D eigenvalue weighted by molar-refractivity contribution is -0.126. The highest BCUT2D eigenvalue weighted by molar-refractivity contribution is 5.79. The van der Waals surface area contributed by atoms with Gasteiger partial charge in [0.05, 0.1) is 7.11 Å². The van der Waals surface area contributed by atoms with Crippen molar-refractivity contribution < 1.29 is 19.1 Å². The molecular formula is C17H25NO4. The van der Waals surface area contributed by atoms with Gasteiger partial charge in [-0.25, -0.2) is 0 Å². The molecule has 1 aromatic carbocycles. The number of hydrogen-bond acceptors (Lipinski definition) is 5. The van der Waals surface area contributed by atoms with Crippen LogP contribution >= 0.6 is 0 Å². The standard InChI is InChI=1S/C15H21NO2.C2H4O2/c1-2-13-3-5-15(6-4-13)18-12-11-16-9-7-14(17)8-10-16;1-4-2-3/h3-6H,2,7-12H2,1H3;2H,1H3. The second kappa shape index (κ2) is 10.8. The number of methoxy groups -OCH3 is 1. The van der Waals surface area contributed by atoms with Crippen molar-refractivity contribution in [2.45, 2.75) is 26.2 Å². The minimum atomic E-state index is 0.375. The summed E-state index contributed by atoms with van der Waals surface area (Å²) in [5.74, 6) is 1.32. The molecule has 2 rings (SSSR count). The number of rotatable bonds is 6. The molecule has 5 nitrogen and oxygen atoms in total. The van der Waals surface area contributed by atoms with Crippen LogP contribution in [0.2, 0.25) is 0 Å². The molecule has 0 bridgehead atoms. The monoisotopic (exact) mass is 307 g/mol. The van der Waals surface area contributed by atoms with E-state index in [0.29, 0.717) is 31.7 Å². The van der Waals surface area contributed by atoms with Gasteiger partial charge in [0.15, 0.2) is 0 Å². The number of likely N-dealkylation sites (tertiary alicyclic amines) is 1. The molecule has 1 aliphatic heterocycles. The molecule has 0 unspecified atom stereocenters. The maximum atomic E-state index is 11.1. The van der Waals surface area contributed by atoms with Crippen LogP contribution in [0.4, 0.5) is 0 Å². The van der Waals surface area contributed by atoms with E-state index in [2.05, 4.69) is 28.7 Å². The van der Waals surface area contributed by atoms with Gasteiger partial charge in [0.1, 0.15) is 18.1 Å². The minimum absolute atomic E-state index is 0.375. The van der Waals surface area contributed by atoms with Crippen LogP contribution in [-0.2, 0) is 20.7 Å². The summed E-state index contributed by atoms with van der Waals surface area (Å²) in [4.78, 5) is 22.4. The molecule has 1 heterocycles. The van der Waals surface area contributed by atoms with Crippen molar-refractivity contribution in [3.05, 3.63) is 29.8 Å². The van der Waals surface area contributed by atoms with Gasteiger partial charge in [0, 0.05) is 32.5 Å². The average molecular weight is 307 g/mol. The molecule has 0 aliphatic carbocycles. The summed E-state index contributed by atoms with van der Waals surface area (Å²) in [6.07, 6.45) is 2.46. The Kier molecular flexibility index (Phi) is 8.91. The average Bonchev–Trinajstić information content (AvgIpc) is 2.57.